The van der Waals surface area contributed by atoms with E-state index in [4.69, 9.17) is 26.6 Å². The number of hydrogen-bond donors (Lipinski definition) is 0. The van der Waals surface area contributed by atoms with E-state index in [1.807, 2.05) is 0 Å². The Kier molecular flexibility index (Phi) is 4.52. The Hall–Kier alpha value is 0.194. The summed E-state index contributed by atoms with van der Waals surface area (Å²) in [5.74, 6) is 2.51. The van der Waals surface area contributed by atoms with Crippen LogP contribution in [0.25, 0.3) is 0 Å². The highest BCUT2D eigenvalue weighted by Gasteiger charge is 3.14. The Morgan fingerprint density at radius 3 is 1.42 bits per heavy atom. The van der Waals surface area contributed by atoms with Gasteiger partial charge in [0.2, 0.25) is 0 Å². The lowest BCUT2D eigenvalue weighted by atomic mass is 9.14. The number of rotatable bonds is 14. The zero-order valence-electron chi connectivity index (χ0n) is 22.2. The molecule has 0 amide bonds. The Morgan fingerprint density at radius 2 is 0.972 bits per heavy atom. The Labute approximate surface area is 218 Å². The van der Waals surface area contributed by atoms with Gasteiger partial charge in [0.15, 0.2) is 0 Å². The fourth-order valence-corrected chi connectivity index (χ4v) is 18.8. The number of fused-ring (bicyclic) bond motifs is 5. The van der Waals surface area contributed by atoms with Gasteiger partial charge in [0.25, 0.3) is 0 Å². The van der Waals surface area contributed by atoms with Crippen molar-refractivity contribution in [2.75, 3.05) is 0 Å². The fraction of sp³-hybridized carbons (Fsp3) is 1.00. The molecule has 0 radical (unpaired) electrons. The predicted octanol–water partition coefficient (Wildman–Crippen LogP) is 5.74. The van der Waals surface area contributed by atoms with Crippen LogP contribution in [0.2, 0.25) is 12.1 Å². The monoisotopic (exact) mass is 532 g/mol. The van der Waals surface area contributed by atoms with Crippen LogP contribution in [0.3, 0.4) is 0 Å². The topological polar surface area (TPSA) is 55.4 Å². The quantitative estimate of drug-likeness (QED) is 0.210. The lowest BCUT2D eigenvalue weighted by Gasteiger charge is -2.95. The van der Waals surface area contributed by atoms with Crippen molar-refractivity contribution in [2.24, 2.45) is 23.7 Å². The molecule has 9 rings (SSSR count). The summed E-state index contributed by atoms with van der Waals surface area (Å²) in [5, 5.41) is 0. The van der Waals surface area contributed by atoms with Gasteiger partial charge in [0, 0.05) is 35.8 Å². The van der Waals surface area contributed by atoms with Crippen molar-refractivity contribution in [1.82, 2.24) is 0 Å². The lowest BCUT2D eigenvalue weighted by Crippen LogP contribution is -3.11. The van der Waals surface area contributed by atoms with Crippen molar-refractivity contribution in [1.29, 1.82) is 0 Å². The minimum Gasteiger partial charge on any atom is -0.367 e. The summed E-state index contributed by atoms with van der Waals surface area (Å²) in [5.41, 5.74) is -0.933. The largest absolute Gasteiger partial charge is 0.502 e. The molecule has 36 heavy (non-hydrogen) atoms. The summed E-state index contributed by atoms with van der Waals surface area (Å²) in [6.07, 6.45) is 18.4. The molecule has 4 saturated heterocycles. The average Bonchev–Trinajstić information content (AvgIpc) is 3.51. The molecule has 4 bridgehead atoms. The molecule has 6 nitrogen and oxygen atoms in total. The van der Waals surface area contributed by atoms with Crippen LogP contribution in [0.4, 0.5) is 0 Å². The first-order chi connectivity index (χ1) is 17.6. The van der Waals surface area contributed by atoms with Gasteiger partial charge in [-0.2, -0.15) is 0 Å². The van der Waals surface area contributed by atoms with E-state index in [1.165, 1.54) is 89.9 Å². The van der Waals surface area contributed by atoms with Crippen LogP contribution < -0.4 is 0 Å². The van der Waals surface area contributed by atoms with Gasteiger partial charge in [-0.05, 0) is 25.7 Å². The van der Waals surface area contributed by atoms with E-state index in [2.05, 4.69) is 13.8 Å². The van der Waals surface area contributed by atoms with Crippen LogP contribution >= 0.6 is 0 Å². The molecule has 12 unspecified atom stereocenters. The molecule has 5 aliphatic carbocycles. The first-order valence-electron chi connectivity index (χ1n) is 15.7. The molecule has 0 aromatic rings. The maximum absolute atomic E-state index is 7.28. The third-order valence-corrected chi connectivity index (χ3v) is 18.3. The predicted molar refractivity (Wildman–Crippen MR) is 136 cm³/mol. The number of hydrogen-bond acceptors (Lipinski definition) is 6. The Balaban J connectivity index is 0.953. The van der Waals surface area contributed by atoms with E-state index < -0.39 is 17.6 Å². The molecule has 9 fully saturated rings. The lowest BCUT2D eigenvalue weighted by molar-refractivity contribution is -0.546. The van der Waals surface area contributed by atoms with Gasteiger partial charge in [-0.25, -0.2) is 0 Å². The van der Waals surface area contributed by atoms with Crippen LogP contribution in [-0.2, 0) is 26.6 Å². The standard InChI is InChI=1S/C28H44O6Si2/c1-3-5-7-9-11-13-15-35-29-21-17-19-23-24-20-18-22-26(20)28(24,27(23,33-35)25(19,21)31-35)34-36(30-22,32-26)16-14-12-10-8-6-4-2/h19-24H,3-18H2,1-2H3. The molecule has 0 aromatic heterocycles. The highest BCUT2D eigenvalue weighted by Crippen LogP contribution is 2.98. The minimum absolute atomic E-state index is 0.202. The molecule has 12 atom stereocenters. The molecule has 0 N–H and O–H groups in total. The SMILES string of the molecule is CCCCCCCC[Si]12OC3CC4C5C6C7CC8O[Si]9(CCCCCCCC)OC87C6(O9)C5(O1)C34O2. The highest BCUT2D eigenvalue weighted by molar-refractivity contribution is 6.64. The molecular weight excluding hydrogens is 488 g/mol. The summed E-state index contributed by atoms with van der Waals surface area (Å²) in [4.78, 5) is 0. The molecule has 8 heteroatoms. The smallest absolute Gasteiger partial charge is 0.367 e. The highest BCUT2D eigenvalue weighted by atomic mass is 28.4. The van der Waals surface area contributed by atoms with Gasteiger partial charge in [-0.1, -0.05) is 78.1 Å². The van der Waals surface area contributed by atoms with Crippen LogP contribution in [-0.4, -0.2) is 52.2 Å². The first kappa shape index (κ1) is 23.0. The third-order valence-electron chi connectivity index (χ3n) is 12.5. The van der Waals surface area contributed by atoms with Gasteiger partial charge < -0.3 is 26.6 Å². The van der Waals surface area contributed by atoms with E-state index >= 15 is 0 Å². The van der Waals surface area contributed by atoms with Gasteiger partial charge in [0.05, 0.1) is 12.2 Å². The summed E-state index contributed by atoms with van der Waals surface area (Å²) in [6, 6.07) is 1.99. The van der Waals surface area contributed by atoms with E-state index in [9.17, 15) is 0 Å². The maximum Gasteiger partial charge on any atom is 0.502 e. The molecule has 4 spiro atoms. The summed E-state index contributed by atoms with van der Waals surface area (Å²) < 4.78 is 42.1. The van der Waals surface area contributed by atoms with Crippen molar-refractivity contribution in [2.45, 2.75) is 150 Å². The van der Waals surface area contributed by atoms with Gasteiger partial charge in [0.1, 0.15) is 22.4 Å². The molecule has 0 aromatic carbocycles. The Bertz CT molecular complexity index is 908. The van der Waals surface area contributed by atoms with Crippen LogP contribution in [0.1, 0.15) is 104 Å². The van der Waals surface area contributed by atoms with Gasteiger partial charge in [-0.3, -0.25) is 0 Å². The second-order valence-corrected chi connectivity index (χ2v) is 18.8. The van der Waals surface area contributed by atoms with Gasteiger partial charge >= 0.3 is 17.6 Å². The first-order valence-corrected chi connectivity index (χ1v) is 19.6. The zero-order chi connectivity index (χ0) is 24.0. The second-order valence-electron chi connectivity index (χ2n) is 13.8. The third kappa shape index (κ3) is 2.06. The molecule has 9 aliphatic rings. The summed E-state index contributed by atoms with van der Waals surface area (Å²) >= 11 is 0. The van der Waals surface area contributed by atoms with Crippen LogP contribution in [0, 0.1) is 23.7 Å². The second kappa shape index (κ2) is 7.09. The zero-order valence-corrected chi connectivity index (χ0v) is 24.2. The van der Waals surface area contributed by atoms with Crippen molar-refractivity contribution < 1.29 is 26.6 Å². The maximum atomic E-state index is 7.28. The average molecular weight is 533 g/mol. The summed E-state index contributed by atoms with van der Waals surface area (Å²) in [7, 11) is -5.26. The van der Waals surface area contributed by atoms with Crippen molar-refractivity contribution in [3.05, 3.63) is 0 Å². The molecule has 4 aliphatic heterocycles. The van der Waals surface area contributed by atoms with E-state index in [-0.39, 0.29) is 34.6 Å². The van der Waals surface area contributed by atoms with Crippen molar-refractivity contribution in [3.8, 4) is 0 Å². The van der Waals surface area contributed by atoms with E-state index in [0.717, 1.165) is 12.1 Å². The molecular formula is C28H44O6Si2. The Morgan fingerprint density at radius 1 is 0.556 bits per heavy atom. The van der Waals surface area contributed by atoms with Crippen LogP contribution in [0.15, 0.2) is 0 Å². The molecule has 4 heterocycles. The van der Waals surface area contributed by atoms with E-state index in [0.29, 0.717) is 23.7 Å². The summed E-state index contributed by atoms with van der Waals surface area (Å²) in [6.45, 7) is 4.57. The number of unbranched alkanes of at least 4 members (excludes halogenated alkanes) is 10. The molecule has 5 saturated carbocycles. The van der Waals surface area contributed by atoms with Crippen molar-refractivity contribution >= 4 is 17.6 Å². The van der Waals surface area contributed by atoms with Crippen molar-refractivity contribution in [3.63, 3.8) is 0 Å². The normalized spacial score (nSPS) is 60.2. The molecule has 200 valence electrons. The van der Waals surface area contributed by atoms with Gasteiger partial charge in [-0.15, -0.1) is 0 Å². The van der Waals surface area contributed by atoms with E-state index in [1.54, 1.807) is 0 Å². The fourth-order valence-electron chi connectivity index (χ4n) is 11.4. The minimum atomic E-state index is -2.63. The van der Waals surface area contributed by atoms with Crippen LogP contribution in [0.5, 0.6) is 0 Å².